The van der Waals surface area contributed by atoms with Crippen molar-refractivity contribution in [3.8, 4) is 12.3 Å². The SMILES string of the molecule is C#C/C(NC)=C(F)\C=C/C. The quantitative estimate of drug-likeness (QED) is 0.452. The third-order valence-corrected chi connectivity index (χ3v) is 0.946. The highest BCUT2D eigenvalue weighted by molar-refractivity contribution is 5.31. The van der Waals surface area contributed by atoms with Gasteiger partial charge < -0.3 is 5.32 Å². The summed E-state index contributed by atoms with van der Waals surface area (Å²) in [6.07, 6.45) is 7.87. The average molecular weight is 139 g/mol. The first-order valence-corrected chi connectivity index (χ1v) is 2.93. The minimum Gasteiger partial charge on any atom is -0.379 e. The zero-order chi connectivity index (χ0) is 7.98. The smallest absolute Gasteiger partial charge is 0.154 e. The van der Waals surface area contributed by atoms with Crippen LogP contribution in [0.25, 0.3) is 0 Å². The molecule has 10 heavy (non-hydrogen) atoms. The lowest BCUT2D eigenvalue weighted by Gasteiger charge is -1.95. The molecule has 0 saturated carbocycles. The molecule has 0 aliphatic heterocycles. The summed E-state index contributed by atoms with van der Waals surface area (Å²) in [5, 5.41) is 2.55. The predicted octanol–water partition coefficient (Wildman–Crippen LogP) is 1.60. The molecule has 1 nitrogen and oxygen atoms in total. The number of terminal acetylenes is 1. The third-order valence-electron chi connectivity index (χ3n) is 0.946. The molecule has 0 radical (unpaired) electrons. The standard InChI is InChI=1S/C8H10FN/c1-4-6-7(9)8(5-2)10-3/h2,4,6,10H,1,3H3/b6-4-,8-7-. The fourth-order valence-corrected chi connectivity index (χ4v) is 0.490. The Bertz CT molecular complexity index is 196. The summed E-state index contributed by atoms with van der Waals surface area (Å²) in [5.74, 6) is 1.77. The molecule has 0 atom stereocenters. The molecule has 54 valence electrons. The van der Waals surface area contributed by atoms with Gasteiger partial charge in [-0.15, -0.1) is 6.42 Å². The van der Waals surface area contributed by atoms with E-state index < -0.39 is 5.83 Å². The van der Waals surface area contributed by atoms with E-state index in [4.69, 9.17) is 6.42 Å². The van der Waals surface area contributed by atoms with Crippen molar-refractivity contribution in [1.82, 2.24) is 5.32 Å². The van der Waals surface area contributed by atoms with Crippen molar-refractivity contribution in [2.24, 2.45) is 0 Å². The van der Waals surface area contributed by atoms with Crippen LogP contribution in [-0.2, 0) is 0 Å². The summed E-state index contributed by atoms with van der Waals surface area (Å²) < 4.78 is 12.7. The highest BCUT2D eigenvalue weighted by Crippen LogP contribution is 2.02. The Labute approximate surface area is 60.6 Å². The van der Waals surface area contributed by atoms with Gasteiger partial charge in [0.05, 0.1) is 0 Å². The number of allylic oxidation sites excluding steroid dienone is 4. The second-order valence-corrected chi connectivity index (χ2v) is 1.62. The summed E-state index contributed by atoms with van der Waals surface area (Å²) in [7, 11) is 1.58. The predicted molar refractivity (Wildman–Crippen MR) is 40.8 cm³/mol. The summed E-state index contributed by atoms with van der Waals surface area (Å²) in [6, 6.07) is 0. The van der Waals surface area contributed by atoms with Crippen LogP contribution >= 0.6 is 0 Å². The average Bonchev–Trinajstić information content (AvgIpc) is 1.91. The van der Waals surface area contributed by atoms with Crippen LogP contribution in [0.3, 0.4) is 0 Å². The van der Waals surface area contributed by atoms with E-state index in [1.165, 1.54) is 6.08 Å². The van der Waals surface area contributed by atoms with Crippen LogP contribution in [0.4, 0.5) is 4.39 Å². The fourth-order valence-electron chi connectivity index (χ4n) is 0.490. The van der Waals surface area contributed by atoms with Crippen molar-refractivity contribution in [2.45, 2.75) is 6.92 Å². The zero-order valence-corrected chi connectivity index (χ0v) is 6.11. The number of halogens is 1. The Kier molecular flexibility index (Phi) is 4.06. The second-order valence-electron chi connectivity index (χ2n) is 1.62. The van der Waals surface area contributed by atoms with Crippen molar-refractivity contribution < 1.29 is 4.39 Å². The van der Waals surface area contributed by atoms with Crippen LogP contribution in [0.15, 0.2) is 23.7 Å². The Hall–Kier alpha value is -1.23. The molecule has 0 heterocycles. The van der Waals surface area contributed by atoms with E-state index in [9.17, 15) is 4.39 Å². The lowest BCUT2D eigenvalue weighted by Crippen LogP contribution is -2.04. The molecule has 0 bridgehead atoms. The molecule has 0 aromatic carbocycles. The number of hydrogen-bond donors (Lipinski definition) is 1. The summed E-state index contributed by atoms with van der Waals surface area (Å²) >= 11 is 0. The van der Waals surface area contributed by atoms with E-state index in [2.05, 4.69) is 11.2 Å². The highest BCUT2D eigenvalue weighted by atomic mass is 19.1. The van der Waals surface area contributed by atoms with E-state index in [-0.39, 0.29) is 5.70 Å². The molecular weight excluding hydrogens is 129 g/mol. The zero-order valence-electron chi connectivity index (χ0n) is 6.11. The van der Waals surface area contributed by atoms with Gasteiger partial charge in [-0.25, -0.2) is 4.39 Å². The first-order valence-electron chi connectivity index (χ1n) is 2.93. The molecule has 1 N–H and O–H groups in total. The molecule has 2 heteroatoms. The van der Waals surface area contributed by atoms with Gasteiger partial charge in [0.1, 0.15) is 5.70 Å². The van der Waals surface area contributed by atoms with Crippen LogP contribution < -0.4 is 5.32 Å². The topological polar surface area (TPSA) is 12.0 Å². The number of rotatable bonds is 2. The summed E-state index contributed by atoms with van der Waals surface area (Å²) in [6.45, 7) is 1.73. The van der Waals surface area contributed by atoms with Gasteiger partial charge in [-0.1, -0.05) is 6.08 Å². The van der Waals surface area contributed by atoms with Crippen molar-refractivity contribution in [2.75, 3.05) is 7.05 Å². The second kappa shape index (κ2) is 4.63. The van der Waals surface area contributed by atoms with Gasteiger partial charge in [-0.2, -0.15) is 0 Å². The lowest BCUT2D eigenvalue weighted by molar-refractivity contribution is 0.648. The molecule has 0 fully saturated rings. The van der Waals surface area contributed by atoms with Gasteiger partial charge in [0.2, 0.25) is 0 Å². The van der Waals surface area contributed by atoms with Crippen LogP contribution in [-0.4, -0.2) is 7.05 Å². The van der Waals surface area contributed by atoms with E-state index in [1.807, 2.05) is 0 Å². The molecule has 0 aromatic rings. The first-order chi connectivity index (χ1) is 4.76. The largest absolute Gasteiger partial charge is 0.379 e. The number of hydrogen-bond acceptors (Lipinski definition) is 1. The molecule has 0 saturated heterocycles. The van der Waals surface area contributed by atoms with Crippen LogP contribution in [0, 0.1) is 12.3 Å². The monoisotopic (exact) mass is 139 g/mol. The van der Waals surface area contributed by atoms with E-state index in [0.717, 1.165) is 0 Å². The van der Waals surface area contributed by atoms with E-state index in [0.29, 0.717) is 0 Å². The maximum atomic E-state index is 12.7. The van der Waals surface area contributed by atoms with Crippen molar-refractivity contribution in [1.29, 1.82) is 0 Å². The molecule has 0 spiro atoms. The Morgan fingerprint density at radius 1 is 1.70 bits per heavy atom. The molecular formula is C8H10FN. The Balaban J connectivity index is 4.47. The molecule has 0 unspecified atom stereocenters. The third kappa shape index (κ3) is 2.36. The Morgan fingerprint density at radius 3 is 2.60 bits per heavy atom. The van der Waals surface area contributed by atoms with Gasteiger partial charge in [0.25, 0.3) is 0 Å². The molecule has 0 amide bonds. The fraction of sp³-hybridized carbons (Fsp3) is 0.250. The minimum absolute atomic E-state index is 0.179. The van der Waals surface area contributed by atoms with Gasteiger partial charge in [-0.05, 0) is 18.9 Å². The Morgan fingerprint density at radius 2 is 2.30 bits per heavy atom. The van der Waals surface area contributed by atoms with Crippen LogP contribution in [0.2, 0.25) is 0 Å². The normalized spacial score (nSPS) is 12.6. The molecule has 0 rings (SSSR count). The van der Waals surface area contributed by atoms with Gasteiger partial charge >= 0.3 is 0 Å². The maximum Gasteiger partial charge on any atom is 0.154 e. The van der Waals surface area contributed by atoms with Crippen molar-refractivity contribution in [3.63, 3.8) is 0 Å². The first kappa shape index (κ1) is 8.77. The summed E-state index contributed by atoms with van der Waals surface area (Å²) in [5.41, 5.74) is 0.179. The molecule has 0 aliphatic carbocycles. The van der Waals surface area contributed by atoms with Gasteiger partial charge in [0, 0.05) is 7.05 Å². The summed E-state index contributed by atoms with van der Waals surface area (Å²) in [4.78, 5) is 0. The van der Waals surface area contributed by atoms with Crippen LogP contribution in [0.1, 0.15) is 6.92 Å². The van der Waals surface area contributed by atoms with Gasteiger partial charge in [-0.3, -0.25) is 0 Å². The molecule has 0 aromatic heterocycles. The van der Waals surface area contributed by atoms with E-state index in [1.54, 1.807) is 20.0 Å². The van der Waals surface area contributed by atoms with Crippen molar-refractivity contribution in [3.05, 3.63) is 23.7 Å². The van der Waals surface area contributed by atoms with Crippen LogP contribution in [0.5, 0.6) is 0 Å². The highest BCUT2D eigenvalue weighted by Gasteiger charge is 1.94. The maximum absolute atomic E-state index is 12.7. The van der Waals surface area contributed by atoms with Gasteiger partial charge in [0.15, 0.2) is 5.83 Å². The molecule has 0 aliphatic rings. The number of nitrogens with one attached hydrogen (secondary N) is 1. The van der Waals surface area contributed by atoms with E-state index >= 15 is 0 Å². The lowest BCUT2D eigenvalue weighted by atomic mass is 10.3. The van der Waals surface area contributed by atoms with Crippen molar-refractivity contribution >= 4 is 0 Å². The minimum atomic E-state index is -0.410.